The molecule has 0 aliphatic carbocycles. The third kappa shape index (κ3) is 3.25. The van der Waals surface area contributed by atoms with Gasteiger partial charge in [-0.2, -0.15) is 0 Å². The van der Waals surface area contributed by atoms with Crippen LogP contribution in [0.5, 0.6) is 0 Å². The van der Waals surface area contributed by atoms with Gasteiger partial charge in [-0.1, -0.05) is 22.0 Å². The van der Waals surface area contributed by atoms with Crippen molar-refractivity contribution in [3.05, 3.63) is 28.2 Å². The van der Waals surface area contributed by atoms with E-state index in [0.29, 0.717) is 6.54 Å². The zero-order chi connectivity index (χ0) is 13.2. The summed E-state index contributed by atoms with van der Waals surface area (Å²) in [4.78, 5) is 2.40. The van der Waals surface area contributed by atoms with E-state index >= 15 is 0 Å². The van der Waals surface area contributed by atoms with Crippen LogP contribution < -0.4 is 10.6 Å². The normalized spacial score (nSPS) is 19.0. The van der Waals surface area contributed by atoms with E-state index < -0.39 is 0 Å². The molecule has 3 nitrogen and oxygen atoms in total. The van der Waals surface area contributed by atoms with Gasteiger partial charge in [0.25, 0.3) is 0 Å². The van der Waals surface area contributed by atoms with Crippen LogP contribution >= 0.6 is 15.9 Å². The molecule has 1 heterocycles. The molecule has 100 valence electrons. The van der Waals surface area contributed by atoms with Crippen LogP contribution in [0.2, 0.25) is 0 Å². The molecule has 1 aromatic rings. The molecule has 0 spiro atoms. The second kappa shape index (κ2) is 5.59. The molecule has 0 radical (unpaired) electrons. The van der Waals surface area contributed by atoms with Crippen molar-refractivity contribution in [1.82, 2.24) is 0 Å². The van der Waals surface area contributed by atoms with Crippen molar-refractivity contribution < 1.29 is 4.74 Å². The van der Waals surface area contributed by atoms with E-state index in [9.17, 15) is 0 Å². The summed E-state index contributed by atoms with van der Waals surface area (Å²) in [6.07, 6.45) is 0.917. The van der Waals surface area contributed by atoms with Gasteiger partial charge in [0.05, 0.1) is 12.2 Å². The second-order valence-corrected chi connectivity index (χ2v) is 6.26. The Bertz CT molecular complexity index is 420. The van der Waals surface area contributed by atoms with Crippen molar-refractivity contribution in [3.63, 3.8) is 0 Å². The van der Waals surface area contributed by atoms with Crippen molar-refractivity contribution in [2.45, 2.75) is 25.9 Å². The zero-order valence-corrected chi connectivity index (χ0v) is 12.7. The third-order valence-electron chi connectivity index (χ3n) is 3.23. The predicted molar refractivity (Wildman–Crippen MR) is 79.1 cm³/mol. The summed E-state index contributed by atoms with van der Waals surface area (Å²) >= 11 is 3.55. The SMILES string of the molecule is CC1(C)CN(c2cc(Br)ccc2CCN)CCO1. The fourth-order valence-electron chi connectivity index (χ4n) is 2.42. The minimum Gasteiger partial charge on any atom is -0.372 e. The maximum absolute atomic E-state index is 5.77. The first-order chi connectivity index (χ1) is 8.52. The Kier molecular flexibility index (Phi) is 4.30. The molecule has 0 amide bonds. The Balaban J connectivity index is 2.28. The average Bonchev–Trinajstić information content (AvgIpc) is 2.30. The number of hydrogen-bond donors (Lipinski definition) is 1. The fraction of sp³-hybridized carbons (Fsp3) is 0.571. The maximum Gasteiger partial charge on any atom is 0.0801 e. The van der Waals surface area contributed by atoms with Crippen LogP contribution in [-0.2, 0) is 11.2 Å². The van der Waals surface area contributed by atoms with E-state index in [2.05, 4.69) is 52.9 Å². The van der Waals surface area contributed by atoms with Crippen molar-refractivity contribution in [3.8, 4) is 0 Å². The number of halogens is 1. The molecule has 1 aliphatic rings. The summed E-state index contributed by atoms with van der Waals surface area (Å²) < 4.78 is 6.88. The van der Waals surface area contributed by atoms with Crippen molar-refractivity contribution >= 4 is 21.6 Å². The highest BCUT2D eigenvalue weighted by Crippen LogP contribution is 2.29. The number of hydrogen-bond acceptors (Lipinski definition) is 3. The molecule has 1 fully saturated rings. The van der Waals surface area contributed by atoms with Crippen LogP contribution in [-0.4, -0.2) is 31.8 Å². The number of anilines is 1. The van der Waals surface area contributed by atoms with Gasteiger partial charge >= 0.3 is 0 Å². The lowest BCUT2D eigenvalue weighted by Gasteiger charge is -2.40. The largest absolute Gasteiger partial charge is 0.372 e. The van der Waals surface area contributed by atoms with Gasteiger partial charge in [-0.15, -0.1) is 0 Å². The van der Waals surface area contributed by atoms with Gasteiger partial charge in [0.1, 0.15) is 0 Å². The predicted octanol–water partition coefficient (Wildman–Crippen LogP) is 2.57. The van der Waals surface area contributed by atoms with Crippen LogP contribution in [0.4, 0.5) is 5.69 Å². The summed E-state index contributed by atoms with van der Waals surface area (Å²) in [5.74, 6) is 0. The highest BCUT2D eigenvalue weighted by molar-refractivity contribution is 9.10. The molecule has 4 heteroatoms. The molecule has 2 N–H and O–H groups in total. The van der Waals surface area contributed by atoms with Crippen LogP contribution in [0.3, 0.4) is 0 Å². The van der Waals surface area contributed by atoms with E-state index in [4.69, 9.17) is 10.5 Å². The van der Waals surface area contributed by atoms with Gasteiger partial charge in [0.2, 0.25) is 0 Å². The molecule has 0 bridgehead atoms. The summed E-state index contributed by atoms with van der Waals surface area (Å²) in [7, 11) is 0. The fourth-order valence-corrected chi connectivity index (χ4v) is 2.77. The topological polar surface area (TPSA) is 38.5 Å². The van der Waals surface area contributed by atoms with Crippen LogP contribution in [0.1, 0.15) is 19.4 Å². The molecule has 1 saturated heterocycles. The standard InChI is InChI=1S/C14H21BrN2O/c1-14(2)10-17(7-8-18-14)13-9-12(15)4-3-11(13)5-6-16/h3-4,9H,5-8,10,16H2,1-2H3. The maximum atomic E-state index is 5.77. The Hall–Kier alpha value is -0.580. The summed E-state index contributed by atoms with van der Waals surface area (Å²) in [6, 6.07) is 6.43. The number of nitrogens with two attached hydrogens (primary N) is 1. The third-order valence-corrected chi connectivity index (χ3v) is 3.72. The number of ether oxygens (including phenoxy) is 1. The van der Waals surface area contributed by atoms with Crippen molar-refractivity contribution in [1.29, 1.82) is 0 Å². The summed E-state index contributed by atoms with van der Waals surface area (Å²) in [6.45, 7) is 7.60. The van der Waals surface area contributed by atoms with Gasteiger partial charge < -0.3 is 15.4 Å². The van der Waals surface area contributed by atoms with E-state index in [1.807, 2.05) is 0 Å². The van der Waals surface area contributed by atoms with Crippen LogP contribution in [0.25, 0.3) is 0 Å². The number of rotatable bonds is 3. The molecule has 0 saturated carbocycles. The smallest absolute Gasteiger partial charge is 0.0801 e. The molecule has 18 heavy (non-hydrogen) atoms. The average molecular weight is 313 g/mol. The highest BCUT2D eigenvalue weighted by Gasteiger charge is 2.28. The highest BCUT2D eigenvalue weighted by atomic mass is 79.9. The molecule has 0 atom stereocenters. The van der Waals surface area contributed by atoms with Crippen LogP contribution in [0.15, 0.2) is 22.7 Å². The van der Waals surface area contributed by atoms with Gasteiger partial charge in [0.15, 0.2) is 0 Å². The molecule has 2 rings (SSSR count). The van der Waals surface area contributed by atoms with Crippen molar-refractivity contribution in [2.24, 2.45) is 5.73 Å². The van der Waals surface area contributed by atoms with Gasteiger partial charge in [-0.05, 0) is 44.5 Å². The minimum absolute atomic E-state index is 0.0828. The molecular formula is C14H21BrN2O. The Morgan fingerprint density at radius 3 is 2.89 bits per heavy atom. The van der Waals surface area contributed by atoms with E-state index in [0.717, 1.165) is 30.6 Å². The lowest BCUT2D eigenvalue weighted by Crippen LogP contribution is -2.48. The summed E-state index contributed by atoms with van der Waals surface area (Å²) in [5, 5.41) is 0. The first-order valence-electron chi connectivity index (χ1n) is 6.39. The molecule has 1 aliphatic heterocycles. The zero-order valence-electron chi connectivity index (χ0n) is 11.1. The molecule has 1 aromatic carbocycles. The van der Waals surface area contributed by atoms with E-state index in [-0.39, 0.29) is 5.60 Å². The Morgan fingerprint density at radius 1 is 1.44 bits per heavy atom. The van der Waals surface area contributed by atoms with Crippen molar-refractivity contribution in [2.75, 3.05) is 31.1 Å². The van der Waals surface area contributed by atoms with Gasteiger partial charge in [-0.3, -0.25) is 0 Å². The lowest BCUT2D eigenvalue weighted by molar-refractivity contribution is -0.0277. The number of nitrogens with zero attached hydrogens (tertiary/aromatic N) is 1. The molecule has 0 unspecified atom stereocenters. The van der Waals surface area contributed by atoms with E-state index in [1.165, 1.54) is 11.3 Å². The van der Waals surface area contributed by atoms with Crippen LogP contribution in [0, 0.1) is 0 Å². The monoisotopic (exact) mass is 312 g/mol. The second-order valence-electron chi connectivity index (χ2n) is 5.34. The number of morpholine rings is 1. The number of benzene rings is 1. The minimum atomic E-state index is -0.0828. The van der Waals surface area contributed by atoms with Gasteiger partial charge in [0, 0.05) is 23.2 Å². The van der Waals surface area contributed by atoms with E-state index in [1.54, 1.807) is 0 Å². The quantitative estimate of drug-likeness (QED) is 0.932. The summed E-state index contributed by atoms with van der Waals surface area (Å²) in [5.41, 5.74) is 8.21. The lowest BCUT2D eigenvalue weighted by atomic mass is 10.0. The molecule has 0 aromatic heterocycles. The first-order valence-corrected chi connectivity index (χ1v) is 7.18. The first kappa shape index (κ1) is 13.8. The molecular weight excluding hydrogens is 292 g/mol. The Labute approximate surface area is 117 Å². The Morgan fingerprint density at radius 2 is 2.22 bits per heavy atom. The van der Waals surface area contributed by atoms with Gasteiger partial charge in [-0.25, -0.2) is 0 Å².